The van der Waals surface area contributed by atoms with Crippen LogP contribution in [0.15, 0.2) is 47.4 Å². The molecule has 0 N–H and O–H groups in total. The van der Waals surface area contributed by atoms with Crippen LogP contribution in [0.25, 0.3) is 0 Å². The first-order valence-electron chi connectivity index (χ1n) is 6.83. The molecular weight excluding hydrogens is 305 g/mol. The highest BCUT2D eigenvalue weighted by Crippen LogP contribution is 2.28. The van der Waals surface area contributed by atoms with Gasteiger partial charge in [0.25, 0.3) is 10.0 Å². The molecule has 0 spiro atoms. The molecule has 2 aromatic carbocycles. The Morgan fingerprint density at radius 2 is 1.86 bits per heavy atom. The molecule has 0 saturated carbocycles. The summed E-state index contributed by atoms with van der Waals surface area (Å²) in [5, 5.41) is 0. The van der Waals surface area contributed by atoms with Gasteiger partial charge in [-0.2, -0.15) is 0 Å². The van der Waals surface area contributed by atoms with Crippen molar-refractivity contribution < 1.29 is 17.5 Å². The molecule has 0 amide bonds. The van der Waals surface area contributed by atoms with Gasteiger partial charge in [-0.3, -0.25) is 4.31 Å². The maximum Gasteiger partial charge on any atom is 0.264 e. The Bertz CT molecular complexity index is 775. The summed E-state index contributed by atoms with van der Waals surface area (Å²) in [6.07, 6.45) is 0. The normalized spacial score (nSPS) is 11.3. The number of halogens is 1. The first-order chi connectivity index (χ1) is 10.4. The number of rotatable bonds is 5. The molecule has 0 unspecified atom stereocenters. The Balaban J connectivity index is 2.52. The van der Waals surface area contributed by atoms with Gasteiger partial charge in [-0.25, -0.2) is 12.8 Å². The lowest BCUT2D eigenvalue weighted by Gasteiger charge is -2.24. The molecule has 0 aromatic heterocycles. The van der Waals surface area contributed by atoms with Crippen molar-refractivity contribution in [3.05, 3.63) is 53.8 Å². The van der Waals surface area contributed by atoms with Crippen molar-refractivity contribution in [3.8, 4) is 5.75 Å². The molecule has 2 aromatic rings. The Kier molecular flexibility index (Phi) is 4.71. The largest absolute Gasteiger partial charge is 0.494 e. The molecule has 0 aliphatic rings. The number of aryl methyl sites for hydroxylation is 1. The maximum absolute atomic E-state index is 13.8. The van der Waals surface area contributed by atoms with E-state index < -0.39 is 15.8 Å². The molecular formula is C16H18FNO3S. The number of hydrogen-bond acceptors (Lipinski definition) is 3. The number of anilines is 1. The number of hydrogen-bond donors (Lipinski definition) is 0. The topological polar surface area (TPSA) is 46.6 Å². The average molecular weight is 323 g/mol. The van der Waals surface area contributed by atoms with Crippen molar-refractivity contribution in [2.75, 3.05) is 18.0 Å². The minimum Gasteiger partial charge on any atom is -0.494 e. The van der Waals surface area contributed by atoms with E-state index in [9.17, 15) is 12.8 Å². The summed E-state index contributed by atoms with van der Waals surface area (Å²) in [5.41, 5.74) is 1.42. The molecule has 0 heterocycles. The van der Waals surface area contributed by atoms with Crippen LogP contribution < -0.4 is 9.04 Å². The molecule has 118 valence electrons. The number of sulfonamides is 1. The number of benzene rings is 2. The fraction of sp³-hybridized carbons (Fsp3) is 0.250. The highest BCUT2D eigenvalue weighted by Gasteiger charge is 2.25. The summed E-state index contributed by atoms with van der Waals surface area (Å²) in [4.78, 5) is -0.101. The van der Waals surface area contributed by atoms with Crippen LogP contribution in [0.4, 0.5) is 10.1 Å². The zero-order chi connectivity index (χ0) is 16.3. The van der Waals surface area contributed by atoms with Gasteiger partial charge in [-0.05, 0) is 43.7 Å². The van der Waals surface area contributed by atoms with Gasteiger partial charge >= 0.3 is 0 Å². The van der Waals surface area contributed by atoms with Crippen molar-refractivity contribution in [1.82, 2.24) is 0 Å². The van der Waals surface area contributed by atoms with Crippen molar-refractivity contribution in [3.63, 3.8) is 0 Å². The maximum atomic E-state index is 13.8. The van der Waals surface area contributed by atoms with E-state index in [0.717, 1.165) is 11.6 Å². The second-order valence-electron chi connectivity index (χ2n) is 4.75. The minimum atomic E-state index is -3.84. The van der Waals surface area contributed by atoms with Gasteiger partial charge in [0.15, 0.2) is 11.6 Å². The Hall–Kier alpha value is -2.08. The summed E-state index contributed by atoms with van der Waals surface area (Å²) in [7, 11) is -2.50. The van der Waals surface area contributed by atoms with Gasteiger partial charge in [0.2, 0.25) is 0 Å². The summed E-state index contributed by atoms with van der Waals surface area (Å²) in [6.45, 7) is 3.83. The predicted octanol–water partition coefficient (Wildman–Crippen LogP) is 3.36. The summed E-state index contributed by atoms with van der Waals surface area (Å²) >= 11 is 0. The van der Waals surface area contributed by atoms with E-state index in [1.807, 2.05) is 19.1 Å². The number of nitrogens with zero attached hydrogens (tertiary/aromatic N) is 1. The molecule has 0 bridgehead atoms. The molecule has 2 rings (SSSR count). The first-order valence-corrected chi connectivity index (χ1v) is 8.27. The van der Waals surface area contributed by atoms with Crippen LogP contribution in [0.3, 0.4) is 0 Å². The predicted molar refractivity (Wildman–Crippen MR) is 84.3 cm³/mol. The van der Waals surface area contributed by atoms with Gasteiger partial charge in [-0.15, -0.1) is 0 Å². The number of para-hydroxylation sites is 1. The van der Waals surface area contributed by atoms with Gasteiger partial charge in [-0.1, -0.05) is 18.2 Å². The molecule has 0 radical (unpaired) electrons. The summed E-state index contributed by atoms with van der Waals surface area (Å²) < 4.78 is 45.5. The fourth-order valence-electron chi connectivity index (χ4n) is 2.25. The number of ether oxygens (including phenoxy) is 1. The zero-order valence-electron chi connectivity index (χ0n) is 12.7. The standard InChI is InChI=1S/C16H18FNO3S/c1-4-18(15-8-6-5-7-12(15)2)22(19,20)13-9-10-16(21-3)14(17)11-13/h5-11H,4H2,1-3H3. The van der Waals surface area contributed by atoms with E-state index >= 15 is 0 Å². The Morgan fingerprint density at radius 1 is 1.18 bits per heavy atom. The molecule has 0 fully saturated rings. The molecule has 0 aliphatic heterocycles. The van der Waals surface area contributed by atoms with Crippen LogP contribution >= 0.6 is 0 Å². The van der Waals surface area contributed by atoms with Gasteiger partial charge in [0.1, 0.15) is 0 Å². The lowest BCUT2D eigenvalue weighted by atomic mass is 10.2. The van der Waals surface area contributed by atoms with Crippen molar-refractivity contribution in [2.24, 2.45) is 0 Å². The monoisotopic (exact) mass is 323 g/mol. The average Bonchev–Trinajstić information content (AvgIpc) is 2.49. The minimum absolute atomic E-state index is 0.0119. The van der Waals surface area contributed by atoms with Crippen molar-refractivity contribution in [2.45, 2.75) is 18.7 Å². The zero-order valence-corrected chi connectivity index (χ0v) is 13.5. The van der Waals surface area contributed by atoms with Crippen LogP contribution in [0.2, 0.25) is 0 Å². The Labute approximate surface area is 130 Å². The smallest absolute Gasteiger partial charge is 0.264 e. The van der Waals surface area contributed by atoms with E-state index in [2.05, 4.69) is 0 Å². The molecule has 0 saturated heterocycles. The highest BCUT2D eigenvalue weighted by atomic mass is 32.2. The Morgan fingerprint density at radius 3 is 2.41 bits per heavy atom. The first kappa shape index (κ1) is 16.3. The van der Waals surface area contributed by atoms with Gasteiger partial charge in [0, 0.05) is 6.54 Å². The second kappa shape index (κ2) is 6.36. The quantitative estimate of drug-likeness (QED) is 0.847. The van der Waals surface area contributed by atoms with Crippen LogP contribution in [0, 0.1) is 12.7 Å². The third kappa shape index (κ3) is 2.92. The lowest BCUT2D eigenvalue weighted by Crippen LogP contribution is -2.31. The summed E-state index contributed by atoms with van der Waals surface area (Å²) in [6, 6.07) is 10.8. The van der Waals surface area contributed by atoms with Crippen LogP contribution in [-0.2, 0) is 10.0 Å². The van der Waals surface area contributed by atoms with Crippen LogP contribution in [-0.4, -0.2) is 22.1 Å². The lowest BCUT2D eigenvalue weighted by molar-refractivity contribution is 0.385. The second-order valence-corrected chi connectivity index (χ2v) is 6.61. The van der Waals surface area contributed by atoms with Crippen molar-refractivity contribution in [1.29, 1.82) is 0 Å². The van der Waals surface area contributed by atoms with E-state index in [1.165, 1.54) is 23.5 Å². The van der Waals surface area contributed by atoms with E-state index in [1.54, 1.807) is 19.1 Å². The highest BCUT2D eigenvalue weighted by molar-refractivity contribution is 7.92. The number of methoxy groups -OCH3 is 1. The third-order valence-electron chi connectivity index (χ3n) is 3.38. The van der Waals surface area contributed by atoms with E-state index in [-0.39, 0.29) is 17.2 Å². The summed E-state index contributed by atoms with van der Waals surface area (Å²) in [5.74, 6) is -0.692. The van der Waals surface area contributed by atoms with Crippen LogP contribution in [0.5, 0.6) is 5.75 Å². The van der Waals surface area contributed by atoms with E-state index in [0.29, 0.717) is 5.69 Å². The molecule has 0 atom stereocenters. The SMILES string of the molecule is CCN(c1ccccc1C)S(=O)(=O)c1ccc(OC)c(F)c1. The molecule has 6 heteroatoms. The van der Waals surface area contributed by atoms with Crippen molar-refractivity contribution >= 4 is 15.7 Å². The molecule has 4 nitrogen and oxygen atoms in total. The van der Waals surface area contributed by atoms with E-state index in [4.69, 9.17) is 4.74 Å². The van der Waals surface area contributed by atoms with Gasteiger partial charge < -0.3 is 4.74 Å². The third-order valence-corrected chi connectivity index (χ3v) is 5.27. The fourth-order valence-corrected chi connectivity index (χ4v) is 3.80. The molecule has 22 heavy (non-hydrogen) atoms. The van der Waals surface area contributed by atoms with Gasteiger partial charge in [0.05, 0.1) is 17.7 Å². The molecule has 0 aliphatic carbocycles. The van der Waals surface area contributed by atoms with Crippen LogP contribution in [0.1, 0.15) is 12.5 Å².